The second-order valence-electron chi connectivity index (χ2n) is 4.09. The lowest BCUT2D eigenvalue weighted by Crippen LogP contribution is -2.09. The van der Waals surface area contributed by atoms with E-state index in [0.717, 1.165) is 5.56 Å². The zero-order valence-corrected chi connectivity index (χ0v) is 10.6. The number of hydrogen-bond donors (Lipinski definition) is 0. The third-order valence-corrected chi connectivity index (χ3v) is 3.25. The number of aryl methyl sites for hydroxylation is 1. The molecule has 1 nitrogen and oxygen atoms in total. The normalized spacial score (nSPS) is 12.2. The van der Waals surface area contributed by atoms with E-state index in [-0.39, 0.29) is 11.6 Å². The van der Waals surface area contributed by atoms with Crippen molar-refractivity contribution >= 4 is 17.4 Å². The van der Waals surface area contributed by atoms with Crippen LogP contribution in [0.2, 0.25) is 0 Å². The molecule has 3 heteroatoms. The lowest BCUT2D eigenvalue weighted by molar-refractivity contribution is 0.0986. The number of hydrogen-bond acceptors (Lipinski definition) is 1. The van der Waals surface area contributed by atoms with Crippen molar-refractivity contribution in [2.45, 2.75) is 12.3 Å². The van der Waals surface area contributed by atoms with Crippen LogP contribution in [0.15, 0.2) is 48.5 Å². The van der Waals surface area contributed by atoms with Gasteiger partial charge in [0.1, 0.15) is 11.2 Å². The van der Waals surface area contributed by atoms with Crippen LogP contribution in [0, 0.1) is 12.7 Å². The van der Waals surface area contributed by atoms with Gasteiger partial charge in [-0.2, -0.15) is 0 Å². The fourth-order valence-corrected chi connectivity index (χ4v) is 2.03. The highest BCUT2D eigenvalue weighted by Crippen LogP contribution is 2.26. The number of rotatable bonds is 3. The average molecular weight is 263 g/mol. The number of benzene rings is 2. The van der Waals surface area contributed by atoms with E-state index >= 15 is 0 Å². The molecule has 0 radical (unpaired) electrons. The lowest BCUT2D eigenvalue weighted by atomic mass is 9.99. The summed E-state index contributed by atoms with van der Waals surface area (Å²) in [6.45, 7) is 1.86. The van der Waals surface area contributed by atoms with Crippen molar-refractivity contribution in [1.29, 1.82) is 0 Å². The standard InChI is InChI=1S/C15H12ClFO/c1-10-4-2-3-5-13(10)15(18)14(16)11-6-8-12(17)9-7-11/h2-9,14H,1H3. The molecule has 0 spiro atoms. The molecule has 0 bridgehead atoms. The molecule has 92 valence electrons. The van der Waals surface area contributed by atoms with Crippen LogP contribution in [0.4, 0.5) is 4.39 Å². The van der Waals surface area contributed by atoms with Crippen LogP contribution in [0.3, 0.4) is 0 Å². The SMILES string of the molecule is Cc1ccccc1C(=O)C(Cl)c1ccc(F)cc1. The van der Waals surface area contributed by atoms with E-state index in [9.17, 15) is 9.18 Å². The van der Waals surface area contributed by atoms with Gasteiger partial charge in [-0.3, -0.25) is 4.79 Å². The number of ketones is 1. The molecule has 0 amide bonds. The van der Waals surface area contributed by atoms with E-state index in [1.54, 1.807) is 12.1 Å². The van der Waals surface area contributed by atoms with Crippen LogP contribution in [-0.2, 0) is 0 Å². The minimum absolute atomic E-state index is 0.165. The van der Waals surface area contributed by atoms with Crippen molar-refractivity contribution in [2.24, 2.45) is 0 Å². The maximum atomic E-state index is 12.8. The van der Waals surface area contributed by atoms with Crippen molar-refractivity contribution in [1.82, 2.24) is 0 Å². The van der Waals surface area contributed by atoms with Gasteiger partial charge in [0, 0.05) is 5.56 Å². The Bertz CT molecular complexity index is 563. The maximum Gasteiger partial charge on any atom is 0.185 e. The summed E-state index contributed by atoms with van der Waals surface area (Å²) in [4.78, 5) is 12.2. The highest BCUT2D eigenvalue weighted by Gasteiger charge is 2.20. The van der Waals surface area contributed by atoms with E-state index in [4.69, 9.17) is 11.6 Å². The van der Waals surface area contributed by atoms with Crippen LogP contribution in [0.5, 0.6) is 0 Å². The lowest BCUT2D eigenvalue weighted by Gasteiger charge is -2.10. The molecule has 1 atom stereocenters. The van der Waals surface area contributed by atoms with Gasteiger partial charge in [-0.05, 0) is 30.2 Å². The molecule has 2 rings (SSSR count). The summed E-state index contributed by atoms with van der Waals surface area (Å²) in [7, 11) is 0. The largest absolute Gasteiger partial charge is 0.292 e. The second-order valence-corrected chi connectivity index (χ2v) is 4.53. The van der Waals surface area contributed by atoms with Gasteiger partial charge < -0.3 is 0 Å². The predicted octanol–water partition coefficient (Wildman–Crippen LogP) is 4.30. The fraction of sp³-hybridized carbons (Fsp3) is 0.133. The van der Waals surface area contributed by atoms with Gasteiger partial charge in [-0.25, -0.2) is 4.39 Å². The first-order chi connectivity index (χ1) is 8.59. The van der Waals surface area contributed by atoms with Gasteiger partial charge >= 0.3 is 0 Å². The Morgan fingerprint density at radius 3 is 2.33 bits per heavy atom. The van der Waals surface area contributed by atoms with Gasteiger partial charge in [-0.1, -0.05) is 36.4 Å². The molecule has 0 aliphatic heterocycles. The van der Waals surface area contributed by atoms with Crippen LogP contribution in [0.1, 0.15) is 26.9 Å². The average Bonchev–Trinajstić information content (AvgIpc) is 2.38. The van der Waals surface area contributed by atoms with Gasteiger partial charge in [0.05, 0.1) is 0 Å². The molecule has 18 heavy (non-hydrogen) atoms. The highest BCUT2D eigenvalue weighted by molar-refractivity contribution is 6.34. The van der Waals surface area contributed by atoms with Crippen molar-refractivity contribution in [3.05, 3.63) is 71.0 Å². The van der Waals surface area contributed by atoms with Crippen molar-refractivity contribution < 1.29 is 9.18 Å². The summed E-state index contributed by atoms with van der Waals surface area (Å²) in [6.07, 6.45) is 0. The Morgan fingerprint density at radius 2 is 1.72 bits per heavy atom. The number of Topliss-reactive ketones (excluding diaryl/α,β-unsaturated/α-hetero) is 1. The molecule has 0 fully saturated rings. The Kier molecular flexibility index (Phi) is 3.78. The first-order valence-electron chi connectivity index (χ1n) is 5.59. The molecule has 0 heterocycles. The van der Waals surface area contributed by atoms with E-state index < -0.39 is 5.38 Å². The Morgan fingerprint density at radius 1 is 1.11 bits per heavy atom. The Hall–Kier alpha value is -1.67. The minimum atomic E-state index is -0.785. The van der Waals surface area contributed by atoms with E-state index in [1.807, 2.05) is 19.1 Å². The first kappa shape index (κ1) is 12.8. The zero-order chi connectivity index (χ0) is 13.1. The smallest absolute Gasteiger partial charge is 0.185 e. The zero-order valence-electron chi connectivity index (χ0n) is 9.86. The number of carbonyl (C=O) groups is 1. The van der Waals surface area contributed by atoms with E-state index in [1.165, 1.54) is 24.3 Å². The quantitative estimate of drug-likeness (QED) is 0.595. The predicted molar refractivity (Wildman–Crippen MR) is 70.5 cm³/mol. The van der Waals surface area contributed by atoms with E-state index in [2.05, 4.69) is 0 Å². The van der Waals surface area contributed by atoms with E-state index in [0.29, 0.717) is 11.1 Å². The van der Waals surface area contributed by atoms with Gasteiger partial charge in [-0.15, -0.1) is 11.6 Å². The maximum absolute atomic E-state index is 12.8. The summed E-state index contributed by atoms with van der Waals surface area (Å²) in [5, 5.41) is -0.785. The monoisotopic (exact) mass is 262 g/mol. The van der Waals surface area contributed by atoms with Crippen molar-refractivity contribution in [2.75, 3.05) is 0 Å². The van der Waals surface area contributed by atoms with Crippen LogP contribution in [0.25, 0.3) is 0 Å². The molecule has 0 N–H and O–H groups in total. The fourth-order valence-electron chi connectivity index (χ4n) is 1.77. The molecule has 2 aromatic carbocycles. The Labute approximate surface area is 110 Å². The third-order valence-electron chi connectivity index (χ3n) is 2.80. The molecule has 0 saturated carbocycles. The Balaban J connectivity index is 2.29. The van der Waals surface area contributed by atoms with Crippen LogP contribution >= 0.6 is 11.6 Å². The molecule has 0 aliphatic rings. The minimum Gasteiger partial charge on any atom is -0.292 e. The topological polar surface area (TPSA) is 17.1 Å². The molecule has 1 unspecified atom stereocenters. The van der Waals surface area contributed by atoms with Crippen molar-refractivity contribution in [3.63, 3.8) is 0 Å². The summed E-state index contributed by atoms with van der Waals surface area (Å²) >= 11 is 6.14. The molecule has 0 aliphatic carbocycles. The second kappa shape index (κ2) is 5.32. The first-order valence-corrected chi connectivity index (χ1v) is 6.02. The molecular weight excluding hydrogens is 251 g/mol. The number of halogens is 2. The van der Waals surface area contributed by atoms with Crippen LogP contribution in [-0.4, -0.2) is 5.78 Å². The molecule has 0 aromatic heterocycles. The highest BCUT2D eigenvalue weighted by atomic mass is 35.5. The molecule has 0 saturated heterocycles. The van der Waals surface area contributed by atoms with Crippen LogP contribution < -0.4 is 0 Å². The number of alkyl halides is 1. The number of carbonyl (C=O) groups excluding carboxylic acids is 1. The third kappa shape index (κ3) is 2.59. The van der Waals surface area contributed by atoms with Gasteiger partial charge in [0.2, 0.25) is 0 Å². The summed E-state index contributed by atoms with van der Waals surface area (Å²) < 4.78 is 12.8. The summed E-state index contributed by atoms with van der Waals surface area (Å²) in [6, 6.07) is 12.9. The van der Waals surface area contributed by atoms with Gasteiger partial charge in [0.15, 0.2) is 5.78 Å². The summed E-state index contributed by atoms with van der Waals surface area (Å²) in [5.41, 5.74) is 2.09. The molecule has 2 aromatic rings. The van der Waals surface area contributed by atoms with Crippen molar-refractivity contribution in [3.8, 4) is 0 Å². The summed E-state index contributed by atoms with van der Waals surface area (Å²) in [5.74, 6) is -0.507. The van der Waals surface area contributed by atoms with Gasteiger partial charge in [0.25, 0.3) is 0 Å². The molecular formula is C15H12ClFO.